The number of carbonyl (C=O) groups excluding carboxylic acids is 2. The smallest absolute Gasteiger partial charge is 0.263 e. The highest BCUT2D eigenvalue weighted by Crippen LogP contribution is 2.33. The van der Waals surface area contributed by atoms with E-state index in [2.05, 4.69) is 43.8 Å². The molecule has 1 aliphatic heterocycles. The molecule has 1 saturated carbocycles. The summed E-state index contributed by atoms with van der Waals surface area (Å²) >= 11 is 6.45. The van der Waals surface area contributed by atoms with Gasteiger partial charge in [0.05, 0.1) is 33.8 Å². The summed E-state index contributed by atoms with van der Waals surface area (Å²) in [6.45, 7) is 6.24. The highest BCUT2D eigenvalue weighted by molar-refractivity contribution is 6.33. The van der Waals surface area contributed by atoms with Crippen LogP contribution in [0.4, 0.5) is 15.9 Å². The van der Waals surface area contributed by atoms with Gasteiger partial charge in [0, 0.05) is 56.6 Å². The molecule has 3 aliphatic rings. The number of aromatic nitrogens is 4. The molecule has 45 heavy (non-hydrogen) atoms. The molecule has 4 heterocycles. The Hall–Kier alpha value is -4.67. The van der Waals surface area contributed by atoms with Gasteiger partial charge in [0.2, 0.25) is 11.7 Å². The first-order chi connectivity index (χ1) is 21.4. The number of nitrogens with two attached hydrogens (primary N) is 1. The number of aliphatic hydroxyl groups is 1. The number of amides is 2. The van der Waals surface area contributed by atoms with Crippen LogP contribution in [0.5, 0.6) is 0 Å². The molecule has 2 atom stereocenters. The van der Waals surface area contributed by atoms with Crippen molar-refractivity contribution in [3.05, 3.63) is 68.5 Å². The second-order valence-corrected chi connectivity index (χ2v) is 12.0. The van der Waals surface area contributed by atoms with Gasteiger partial charge in [0.25, 0.3) is 11.5 Å². The second kappa shape index (κ2) is 11.7. The van der Waals surface area contributed by atoms with Gasteiger partial charge in [-0.25, -0.2) is 9.97 Å². The van der Waals surface area contributed by atoms with Crippen molar-refractivity contribution in [2.24, 2.45) is 12.8 Å². The van der Waals surface area contributed by atoms with Gasteiger partial charge < -0.3 is 25.6 Å². The number of hydrogen-bond acceptors (Lipinski definition) is 8. The van der Waals surface area contributed by atoms with Crippen LogP contribution < -0.4 is 21.5 Å². The van der Waals surface area contributed by atoms with Gasteiger partial charge in [-0.15, -0.1) is 0 Å². The number of rotatable bonds is 7. The fraction of sp³-hybridized carbons (Fsp3) is 0.387. The summed E-state index contributed by atoms with van der Waals surface area (Å²) in [6, 6.07) is 2.68. The highest BCUT2D eigenvalue weighted by atomic mass is 35.5. The number of aryl methyl sites for hydroxylation is 1. The van der Waals surface area contributed by atoms with Gasteiger partial charge in [0.1, 0.15) is 23.8 Å². The van der Waals surface area contributed by atoms with Crippen LogP contribution in [0.25, 0.3) is 11.0 Å². The summed E-state index contributed by atoms with van der Waals surface area (Å²) in [7, 11) is 1.55. The largest absolute Gasteiger partial charge is 0.504 e. The average Bonchev–Trinajstić information content (AvgIpc) is 3.81. The molecule has 3 aromatic rings. The van der Waals surface area contributed by atoms with Crippen molar-refractivity contribution in [3.8, 4) is 11.8 Å². The third-order valence-corrected chi connectivity index (χ3v) is 8.83. The molecule has 2 amide bonds. The maximum Gasteiger partial charge on any atom is 0.263 e. The first-order valence-corrected chi connectivity index (χ1v) is 15.0. The average molecular weight is 635 g/mol. The quantitative estimate of drug-likeness (QED) is 0.336. The lowest BCUT2D eigenvalue weighted by Gasteiger charge is -2.40. The van der Waals surface area contributed by atoms with Crippen molar-refractivity contribution in [1.29, 1.82) is 0 Å². The number of pyridine rings is 1. The Balaban J connectivity index is 1.30. The summed E-state index contributed by atoms with van der Waals surface area (Å²) in [4.78, 5) is 52.6. The molecular weight excluding hydrogens is 603 g/mol. The van der Waals surface area contributed by atoms with Crippen LogP contribution in [0.15, 0.2) is 46.5 Å². The van der Waals surface area contributed by atoms with Crippen LogP contribution in [0.1, 0.15) is 37.1 Å². The second-order valence-electron chi connectivity index (χ2n) is 11.6. The van der Waals surface area contributed by atoms with Crippen molar-refractivity contribution >= 4 is 46.0 Å². The van der Waals surface area contributed by atoms with E-state index in [1.807, 2.05) is 0 Å². The van der Waals surface area contributed by atoms with Gasteiger partial charge in [-0.1, -0.05) is 17.5 Å². The van der Waals surface area contributed by atoms with E-state index in [1.54, 1.807) is 20.0 Å². The minimum atomic E-state index is -1.22. The van der Waals surface area contributed by atoms with Crippen molar-refractivity contribution in [3.63, 3.8) is 0 Å². The molecule has 1 unspecified atom stereocenters. The molecule has 2 fully saturated rings. The number of fused-ring (bicyclic) bond motifs is 1. The minimum absolute atomic E-state index is 0.126. The third-order valence-electron chi connectivity index (χ3n) is 8.53. The van der Waals surface area contributed by atoms with Crippen LogP contribution in [0.3, 0.4) is 0 Å². The summed E-state index contributed by atoms with van der Waals surface area (Å²) in [5, 5.41) is 13.4. The Morgan fingerprint density at radius 1 is 1.29 bits per heavy atom. The normalized spacial score (nSPS) is 20.5. The molecule has 4 N–H and O–H groups in total. The van der Waals surface area contributed by atoms with E-state index >= 15 is 0 Å². The summed E-state index contributed by atoms with van der Waals surface area (Å²) in [5.74, 6) is 1.17. The summed E-state index contributed by atoms with van der Waals surface area (Å²) < 4.78 is 17.2. The maximum absolute atomic E-state index is 14.3. The van der Waals surface area contributed by atoms with Crippen LogP contribution in [-0.2, 0) is 23.2 Å². The van der Waals surface area contributed by atoms with E-state index in [1.165, 1.54) is 40.4 Å². The zero-order valence-electron chi connectivity index (χ0n) is 25.0. The van der Waals surface area contributed by atoms with Crippen LogP contribution in [0, 0.1) is 18.8 Å². The number of allylic oxidation sites excluding steroid dienone is 2. The number of anilines is 2. The predicted octanol–water partition coefficient (Wildman–Crippen LogP) is 2.65. The molecule has 0 bridgehead atoms. The number of piperazine rings is 1. The Kier molecular flexibility index (Phi) is 7.88. The van der Waals surface area contributed by atoms with Gasteiger partial charge in [-0.3, -0.25) is 23.9 Å². The van der Waals surface area contributed by atoms with Gasteiger partial charge in [-0.05, 0) is 38.7 Å². The number of carbonyl (C=O) groups is 2. The van der Waals surface area contributed by atoms with E-state index in [0.717, 1.165) is 19.6 Å². The molecule has 14 heteroatoms. The molecule has 12 nitrogen and oxygen atoms in total. The van der Waals surface area contributed by atoms with E-state index in [-0.39, 0.29) is 34.2 Å². The number of nitrogens with zero attached hydrogens (tertiary/aromatic N) is 6. The maximum atomic E-state index is 14.3. The fourth-order valence-electron chi connectivity index (χ4n) is 5.90. The number of hydrogen-bond donors (Lipinski definition) is 3. The van der Waals surface area contributed by atoms with Crippen molar-refractivity contribution in [2.45, 2.75) is 51.2 Å². The first-order valence-electron chi connectivity index (χ1n) is 14.6. The zero-order chi connectivity index (χ0) is 32.2. The summed E-state index contributed by atoms with van der Waals surface area (Å²) in [6.07, 6.45) is 6.72. The monoisotopic (exact) mass is 634 g/mol. The Morgan fingerprint density at radius 3 is 2.73 bits per heavy atom. The third kappa shape index (κ3) is 5.79. The molecule has 0 radical (unpaired) electrons. The molecular formula is C31H32ClFN8O4. The molecule has 234 valence electrons. The lowest BCUT2D eigenvalue weighted by Crippen LogP contribution is -2.52. The SMILES string of the molecule is Cc1nc2c(c(C3C#CC(F)=C(O)C(C(N)=O)=C3)cn2CC(=O)Nc2cc(N3CCN(C4CC4)C[C@@H]3C)ncc2Cl)c(=O)n1C. The fourth-order valence-corrected chi connectivity index (χ4v) is 6.05. The van der Waals surface area contributed by atoms with Gasteiger partial charge >= 0.3 is 0 Å². The van der Waals surface area contributed by atoms with E-state index in [9.17, 15) is 23.9 Å². The van der Waals surface area contributed by atoms with Gasteiger partial charge in [-0.2, -0.15) is 4.39 Å². The van der Waals surface area contributed by atoms with E-state index in [4.69, 9.17) is 17.3 Å². The molecule has 6 rings (SSSR count). The van der Waals surface area contributed by atoms with Crippen molar-refractivity contribution in [1.82, 2.24) is 24.0 Å². The van der Waals surface area contributed by atoms with E-state index < -0.39 is 40.5 Å². The van der Waals surface area contributed by atoms with Crippen molar-refractivity contribution in [2.75, 3.05) is 29.9 Å². The molecule has 2 aliphatic carbocycles. The first kappa shape index (κ1) is 30.4. The minimum Gasteiger partial charge on any atom is -0.504 e. The van der Waals surface area contributed by atoms with Gasteiger partial charge in [0.15, 0.2) is 5.76 Å². The number of nitrogens with one attached hydrogen (secondary N) is 1. The zero-order valence-corrected chi connectivity index (χ0v) is 25.7. The lowest BCUT2D eigenvalue weighted by molar-refractivity contribution is -0.117. The number of primary amides is 1. The number of aliphatic hydroxyl groups excluding tert-OH is 1. The van der Waals surface area contributed by atoms with Crippen LogP contribution >= 0.6 is 11.6 Å². The molecule has 3 aromatic heterocycles. The standard InChI is InChI=1S/C31H32ClFN8O4/c1-16-13-39(19-5-6-19)8-9-41(16)25-11-24(22(32)12-35-25)37-26(42)15-40-14-21(27-30(40)36-17(2)38(3)31(27)45)18-4-7-23(33)28(43)20(10-18)29(34)44/h10-12,14,16,18-19,43H,5-6,8-9,13,15H2,1-3H3,(H2,34,44)(H,35,37,42)/t16-,18?/m0/s1. The van der Waals surface area contributed by atoms with E-state index in [0.29, 0.717) is 23.4 Å². The van der Waals surface area contributed by atoms with Crippen LogP contribution in [0.2, 0.25) is 5.02 Å². The lowest BCUT2D eigenvalue weighted by atomic mass is 9.97. The predicted molar refractivity (Wildman–Crippen MR) is 168 cm³/mol. The highest BCUT2D eigenvalue weighted by Gasteiger charge is 2.34. The Morgan fingerprint density at radius 2 is 2.04 bits per heavy atom. The molecule has 0 spiro atoms. The van der Waals surface area contributed by atoms with Crippen molar-refractivity contribution < 1.29 is 19.1 Å². The molecule has 0 aromatic carbocycles. The molecule has 1 saturated heterocycles. The van der Waals surface area contributed by atoms with Crippen LogP contribution in [-0.4, -0.2) is 72.6 Å². The Labute approximate surface area is 263 Å². The summed E-state index contributed by atoms with van der Waals surface area (Å²) in [5.41, 5.74) is 5.31. The number of halogens is 2. The topological polar surface area (TPSA) is 152 Å². The Bertz CT molecular complexity index is 1930.